The van der Waals surface area contributed by atoms with Crippen LogP contribution in [0.15, 0.2) is 6.20 Å². The predicted molar refractivity (Wildman–Crippen MR) is 112 cm³/mol. The first-order chi connectivity index (χ1) is 16.8. The number of phosphoric acid groups is 3. The van der Waals surface area contributed by atoms with Gasteiger partial charge in [-0.05, 0) is 0 Å². The second-order valence-corrected chi connectivity index (χ2v) is 11.9. The molecular formula is C13H20B2N3O15P3. The molecule has 0 aromatic carbocycles. The van der Waals surface area contributed by atoms with Crippen LogP contribution in [0.25, 0.3) is 0 Å². The van der Waals surface area contributed by atoms with Crippen LogP contribution in [0.3, 0.4) is 0 Å². The maximum Gasteiger partial charge on any atom is 0.472 e. The molecule has 198 valence electrons. The molecule has 3 saturated heterocycles. The summed E-state index contributed by atoms with van der Waals surface area (Å²) in [5.41, 5.74) is 0.151. The van der Waals surface area contributed by atoms with E-state index in [1.807, 2.05) is 0 Å². The Morgan fingerprint density at radius 2 is 1.67 bits per heavy atom. The van der Waals surface area contributed by atoms with Crippen molar-refractivity contribution in [2.75, 3.05) is 13.2 Å². The van der Waals surface area contributed by atoms with Gasteiger partial charge >= 0.3 is 23.5 Å². The Kier molecular flexibility index (Phi) is 8.64. The lowest BCUT2D eigenvalue weighted by atomic mass is 9.93. The van der Waals surface area contributed by atoms with E-state index in [4.69, 9.17) is 52.3 Å². The van der Waals surface area contributed by atoms with Crippen molar-refractivity contribution >= 4 is 39.2 Å². The molecular weight excluding hydrogens is 553 g/mol. The zero-order valence-electron chi connectivity index (χ0n) is 18.0. The maximum atomic E-state index is 12.6. The van der Waals surface area contributed by atoms with E-state index in [0.717, 1.165) is 0 Å². The molecule has 1 aromatic heterocycles. The van der Waals surface area contributed by atoms with Gasteiger partial charge in [-0.2, -0.15) is 15.4 Å². The van der Waals surface area contributed by atoms with E-state index in [0.29, 0.717) is 0 Å². The second kappa shape index (κ2) is 10.9. The van der Waals surface area contributed by atoms with E-state index < -0.39 is 91.9 Å². The van der Waals surface area contributed by atoms with Gasteiger partial charge in [-0.25, -0.2) is 13.7 Å². The lowest BCUT2D eigenvalue weighted by Crippen LogP contribution is -2.40. The first kappa shape index (κ1) is 28.5. The fraction of sp³-hybridized carbons (Fsp3) is 0.846. The molecule has 4 heterocycles. The Hall–Kier alpha value is -0.520. The second-order valence-electron chi connectivity index (χ2n) is 7.71. The number of nitrogens with one attached hydrogen (secondary N) is 1. The van der Waals surface area contributed by atoms with Crippen LogP contribution in [0.2, 0.25) is 0 Å². The number of H-pyrrole nitrogens is 1. The minimum Gasteiger partial charge on any atom is -0.388 e. The molecule has 1 aromatic rings. The van der Waals surface area contributed by atoms with Crippen molar-refractivity contribution < 1.29 is 70.1 Å². The average Bonchev–Trinajstić information content (AvgIpc) is 3.46. The third-order valence-corrected chi connectivity index (χ3v) is 8.06. The standard InChI is InChI=1S/C13H20B2N3O15P3/c14-12-8(19)9-6(29-12)3-27-36(24,25)32-10-7(4-28-35(22,23)31-9)30-13(15)11(10)33-34(20,21)26-2-5-1-16-18-17-5/h1,6-13,19H,2-4H2,(H,20,21)(H,22,23)(H,24,25)(H,16,17,18)/t6-,7-,8?,9+,10?,11+,12-,13-/m1/s1. The zero-order chi connectivity index (χ0) is 26.3. The van der Waals surface area contributed by atoms with Crippen LogP contribution in [0.5, 0.6) is 0 Å². The normalized spacial score (nSPS) is 45.7. The van der Waals surface area contributed by atoms with Gasteiger partial charge < -0.3 is 29.3 Å². The Morgan fingerprint density at radius 3 is 2.28 bits per heavy atom. The van der Waals surface area contributed by atoms with E-state index >= 15 is 0 Å². The van der Waals surface area contributed by atoms with E-state index in [2.05, 4.69) is 15.4 Å². The van der Waals surface area contributed by atoms with Crippen LogP contribution in [-0.2, 0) is 56.9 Å². The summed E-state index contributed by atoms with van der Waals surface area (Å²) in [6, 6.07) is -2.94. The van der Waals surface area contributed by atoms with Crippen LogP contribution in [0, 0.1) is 0 Å². The molecule has 0 aliphatic carbocycles. The van der Waals surface area contributed by atoms with Gasteiger partial charge in [0.25, 0.3) is 0 Å². The third kappa shape index (κ3) is 6.91. The molecule has 11 atom stereocenters. The molecule has 5 unspecified atom stereocenters. The highest BCUT2D eigenvalue weighted by molar-refractivity contribution is 7.48. The highest BCUT2D eigenvalue weighted by Crippen LogP contribution is 2.54. The molecule has 0 bridgehead atoms. The van der Waals surface area contributed by atoms with Gasteiger partial charge in [-0.15, -0.1) is 0 Å². The van der Waals surface area contributed by atoms with Gasteiger partial charge in [0, 0.05) is 12.0 Å². The van der Waals surface area contributed by atoms with Crippen LogP contribution in [0.1, 0.15) is 5.69 Å². The summed E-state index contributed by atoms with van der Waals surface area (Å²) in [6.07, 6.45) is -8.33. The van der Waals surface area contributed by atoms with Gasteiger partial charge in [0.1, 0.15) is 64.6 Å². The average molecular weight is 573 g/mol. The van der Waals surface area contributed by atoms with Crippen molar-refractivity contribution in [1.82, 2.24) is 15.4 Å². The summed E-state index contributed by atoms with van der Waals surface area (Å²) in [5.74, 6) is 0. The summed E-state index contributed by atoms with van der Waals surface area (Å²) in [5, 5.41) is 19.5. The van der Waals surface area contributed by atoms with Gasteiger partial charge in [-0.1, -0.05) is 0 Å². The van der Waals surface area contributed by atoms with Crippen LogP contribution >= 0.6 is 23.5 Å². The minimum absolute atomic E-state index is 0.151. The number of aliphatic hydroxyl groups is 1. The molecule has 4 rings (SSSR count). The topological polar surface area (TPSA) is 248 Å². The first-order valence-corrected chi connectivity index (χ1v) is 14.6. The number of ether oxygens (including phenoxy) is 2. The van der Waals surface area contributed by atoms with Gasteiger partial charge in [0.05, 0.1) is 19.4 Å². The quantitative estimate of drug-likeness (QED) is 0.188. The number of hydrogen-bond acceptors (Lipinski definition) is 14. The van der Waals surface area contributed by atoms with Gasteiger partial charge in [0.2, 0.25) is 0 Å². The lowest BCUT2D eigenvalue weighted by Gasteiger charge is -2.29. The summed E-state index contributed by atoms with van der Waals surface area (Å²) >= 11 is 0. The maximum absolute atomic E-state index is 12.6. The SMILES string of the molecule is [B][C@@H]1O[C@@H]2COP(=O)(O)OC3[C@@H](COP(=O)(O)O[C@@H]2C1O)O[C@@H]([B])[C@H]3OP(=O)(O)OCc1cn[nH]n1. The zero-order valence-corrected chi connectivity index (χ0v) is 20.7. The number of aromatic nitrogens is 3. The lowest BCUT2D eigenvalue weighted by molar-refractivity contribution is -0.0492. The monoisotopic (exact) mass is 573 g/mol. The fourth-order valence-corrected chi connectivity index (χ4v) is 6.33. The smallest absolute Gasteiger partial charge is 0.388 e. The number of hydrogen-bond donors (Lipinski definition) is 5. The number of rotatable bonds is 5. The summed E-state index contributed by atoms with van der Waals surface area (Å²) in [6.45, 7) is -2.14. The minimum atomic E-state index is -5.01. The number of nitrogens with zero attached hydrogens (tertiary/aromatic N) is 2. The molecule has 0 saturated carbocycles. The molecule has 18 nitrogen and oxygen atoms in total. The van der Waals surface area contributed by atoms with Crippen molar-refractivity contribution in [2.45, 2.75) is 55.2 Å². The Bertz CT molecular complexity index is 1050. The van der Waals surface area contributed by atoms with E-state index in [1.54, 1.807) is 0 Å². The predicted octanol–water partition coefficient (Wildman–Crippen LogP) is -2.03. The van der Waals surface area contributed by atoms with E-state index in [1.165, 1.54) is 6.20 Å². The summed E-state index contributed by atoms with van der Waals surface area (Å²) < 4.78 is 77.6. The molecule has 23 heteroatoms. The number of aromatic amines is 1. The number of phosphoric ester groups is 3. The number of aliphatic hydroxyl groups excluding tert-OH is 1. The summed E-state index contributed by atoms with van der Waals surface area (Å²) in [7, 11) is -3.47. The largest absolute Gasteiger partial charge is 0.472 e. The molecule has 5 N–H and O–H groups in total. The Balaban J connectivity index is 1.52. The van der Waals surface area contributed by atoms with E-state index in [9.17, 15) is 33.5 Å². The molecule has 0 spiro atoms. The van der Waals surface area contributed by atoms with Crippen molar-refractivity contribution in [2.24, 2.45) is 0 Å². The van der Waals surface area contributed by atoms with Crippen LogP contribution in [-0.4, -0.2) is 113 Å². The van der Waals surface area contributed by atoms with Gasteiger partial charge in [-0.3, -0.25) is 27.1 Å². The molecule has 3 aliphatic heterocycles. The summed E-state index contributed by atoms with van der Waals surface area (Å²) in [4.78, 5) is 30.4. The van der Waals surface area contributed by atoms with Crippen LogP contribution in [0.4, 0.5) is 0 Å². The van der Waals surface area contributed by atoms with Crippen molar-refractivity contribution in [3.8, 4) is 0 Å². The Morgan fingerprint density at radius 1 is 1.08 bits per heavy atom. The third-order valence-electron chi connectivity index (χ3n) is 5.13. The fourth-order valence-electron chi connectivity index (χ4n) is 3.50. The van der Waals surface area contributed by atoms with Crippen LogP contribution < -0.4 is 0 Å². The Labute approximate surface area is 205 Å². The van der Waals surface area contributed by atoms with Crippen molar-refractivity contribution in [3.05, 3.63) is 11.9 Å². The number of fused-ring (bicyclic) bond motifs is 2. The van der Waals surface area contributed by atoms with E-state index in [-0.39, 0.29) is 5.69 Å². The van der Waals surface area contributed by atoms with Crippen molar-refractivity contribution in [1.29, 1.82) is 0 Å². The molecule has 36 heavy (non-hydrogen) atoms. The highest BCUT2D eigenvalue weighted by atomic mass is 31.2. The van der Waals surface area contributed by atoms with Crippen molar-refractivity contribution in [3.63, 3.8) is 0 Å². The molecule has 3 fully saturated rings. The highest BCUT2D eigenvalue weighted by Gasteiger charge is 2.53. The molecule has 3 aliphatic rings. The molecule has 4 radical (unpaired) electrons. The molecule has 0 amide bonds. The van der Waals surface area contributed by atoms with Gasteiger partial charge in [0.15, 0.2) is 0 Å². The first-order valence-electron chi connectivity index (χ1n) is 10.1.